The van der Waals surface area contributed by atoms with Crippen LogP contribution in [0.1, 0.15) is 34.7 Å². The van der Waals surface area contributed by atoms with Crippen LogP contribution in [0.4, 0.5) is 0 Å². The van der Waals surface area contributed by atoms with Gasteiger partial charge >= 0.3 is 11.9 Å². The Morgan fingerprint density at radius 3 is 2.43 bits per heavy atom. The van der Waals surface area contributed by atoms with E-state index in [0.29, 0.717) is 29.2 Å². The van der Waals surface area contributed by atoms with E-state index in [1.165, 1.54) is 35.7 Å². The normalized spacial score (nSPS) is 15.7. The number of sulfonamides is 1. The second-order valence-electron chi connectivity index (χ2n) is 6.96. The van der Waals surface area contributed by atoms with Crippen molar-refractivity contribution in [3.05, 3.63) is 52.4 Å². The minimum atomic E-state index is -3.63. The minimum absolute atomic E-state index is 0.0734. The van der Waals surface area contributed by atoms with E-state index < -0.39 is 27.9 Å². The standard InChI is InChI=1S/C20H22ClNO7S/c1-13-11-16(29-18(13)20(24)27-2)12-28-19(23)14-7-9-22(10-8-14)30(25,26)17-5-3-15(21)4-6-17/h3-6,11,14H,7-10,12H2,1-2H3. The zero-order chi connectivity index (χ0) is 21.9. The topological polar surface area (TPSA) is 103 Å². The molecule has 2 aromatic rings. The van der Waals surface area contributed by atoms with Crippen LogP contribution in [0, 0.1) is 12.8 Å². The molecule has 0 amide bonds. The summed E-state index contributed by atoms with van der Waals surface area (Å²) in [6.07, 6.45) is 0.715. The lowest BCUT2D eigenvalue weighted by Crippen LogP contribution is -2.40. The number of benzene rings is 1. The molecule has 0 N–H and O–H groups in total. The summed E-state index contributed by atoms with van der Waals surface area (Å²) in [7, 11) is -2.38. The van der Waals surface area contributed by atoms with Crippen LogP contribution >= 0.6 is 11.6 Å². The lowest BCUT2D eigenvalue weighted by molar-refractivity contribution is -0.151. The highest BCUT2D eigenvalue weighted by atomic mass is 35.5. The smallest absolute Gasteiger partial charge is 0.374 e. The SMILES string of the molecule is COC(=O)c1oc(COC(=O)C2CCN(S(=O)(=O)c3ccc(Cl)cc3)CC2)cc1C. The zero-order valence-electron chi connectivity index (χ0n) is 16.6. The monoisotopic (exact) mass is 455 g/mol. The predicted octanol–water partition coefficient (Wildman–Crippen LogP) is 3.17. The summed E-state index contributed by atoms with van der Waals surface area (Å²) in [5.41, 5.74) is 0.591. The van der Waals surface area contributed by atoms with Gasteiger partial charge in [0.2, 0.25) is 15.8 Å². The van der Waals surface area contributed by atoms with Crippen molar-refractivity contribution >= 4 is 33.6 Å². The van der Waals surface area contributed by atoms with Crippen LogP contribution in [-0.2, 0) is 30.9 Å². The summed E-state index contributed by atoms with van der Waals surface area (Å²) < 4.78 is 42.1. The van der Waals surface area contributed by atoms with Gasteiger partial charge in [0.15, 0.2) is 0 Å². The number of ether oxygens (including phenoxy) is 2. The lowest BCUT2D eigenvalue weighted by Gasteiger charge is -2.30. The van der Waals surface area contributed by atoms with E-state index >= 15 is 0 Å². The largest absolute Gasteiger partial charge is 0.463 e. The van der Waals surface area contributed by atoms with E-state index in [2.05, 4.69) is 4.74 Å². The molecular weight excluding hydrogens is 434 g/mol. The average molecular weight is 456 g/mol. The van der Waals surface area contributed by atoms with Crippen molar-refractivity contribution in [2.45, 2.75) is 31.3 Å². The molecule has 0 saturated carbocycles. The number of rotatable bonds is 6. The van der Waals surface area contributed by atoms with Crippen molar-refractivity contribution in [3.63, 3.8) is 0 Å². The van der Waals surface area contributed by atoms with Gasteiger partial charge in [0.05, 0.1) is 17.9 Å². The van der Waals surface area contributed by atoms with Crippen molar-refractivity contribution in [2.75, 3.05) is 20.2 Å². The zero-order valence-corrected chi connectivity index (χ0v) is 18.2. The quantitative estimate of drug-likeness (QED) is 0.616. The first-order valence-electron chi connectivity index (χ1n) is 9.32. The Bertz CT molecular complexity index is 1020. The number of methoxy groups -OCH3 is 1. The molecule has 1 aromatic heterocycles. The molecule has 0 spiro atoms. The van der Waals surface area contributed by atoms with Crippen molar-refractivity contribution in [2.24, 2.45) is 5.92 Å². The van der Waals surface area contributed by atoms with E-state index in [1.807, 2.05) is 0 Å². The molecule has 2 heterocycles. The van der Waals surface area contributed by atoms with Crippen LogP contribution in [0.2, 0.25) is 5.02 Å². The molecule has 8 nitrogen and oxygen atoms in total. The van der Waals surface area contributed by atoms with Crippen LogP contribution in [0.3, 0.4) is 0 Å². The van der Waals surface area contributed by atoms with Crippen LogP contribution in [-0.4, -0.2) is 44.9 Å². The fourth-order valence-electron chi connectivity index (χ4n) is 3.26. The summed E-state index contributed by atoms with van der Waals surface area (Å²) >= 11 is 5.82. The molecule has 0 bridgehead atoms. The summed E-state index contributed by atoms with van der Waals surface area (Å²) in [5.74, 6) is -1.02. The molecule has 0 radical (unpaired) electrons. The molecule has 30 heavy (non-hydrogen) atoms. The molecule has 1 aromatic carbocycles. The van der Waals surface area contributed by atoms with Crippen molar-refractivity contribution in [1.82, 2.24) is 4.31 Å². The van der Waals surface area contributed by atoms with Crippen molar-refractivity contribution < 1.29 is 31.9 Å². The molecule has 162 valence electrons. The summed E-state index contributed by atoms with van der Waals surface area (Å²) in [6.45, 7) is 2.02. The number of carbonyl (C=O) groups is 2. The third-order valence-electron chi connectivity index (χ3n) is 4.93. The highest BCUT2D eigenvalue weighted by molar-refractivity contribution is 7.89. The first kappa shape index (κ1) is 22.3. The first-order chi connectivity index (χ1) is 14.2. The highest BCUT2D eigenvalue weighted by Crippen LogP contribution is 2.26. The number of halogens is 1. The number of esters is 2. The van der Waals surface area contributed by atoms with Gasteiger partial charge in [-0.05, 0) is 50.1 Å². The predicted molar refractivity (Wildman–Crippen MR) is 108 cm³/mol. The Labute approximate surface area is 179 Å². The van der Waals surface area contributed by atoms with Crippen molar-refractivity contribution in [3.8, 4) is 0 Å². The molecule has 1 aliphatic heterocycles. The maximum Gasteiger partial charge on any atom is 0.374 e. The summed E-state index contributed by atoms with van der Waals surface area (Å²) in [4.78, 5) is 24.1. The Balaban J connectivity index is 1.54. The van der Waals surface area contributed by atoms with Gasteiger partial charge in [-0.1, -0.05) is 11.6 Å². The Morgan fingerprint density at radius 2 is 1.83 bits per heavy atom. The van der Waals surface area contributed by atoms with Crippen LogP contribution in [0.5, 0.6) is 0 Å². The van der Waals surface area contributed by atoms with E-state index in [0.717, 1.165) is 0 Å². The van der Waals surface area contributed by atoms with E-state index in [9.17, 15) is 18.0 Å². The number of carbonyl (C=O) groups excluding carboxylic acids is 2. The number of aryl methyl sites for hydroxylation is 1. The molecule has 0 atom stereocenters. The van der Waals surface area contributed by atoms with Gasteiger partial charge in [0.1, 0.15) is 12.4 Å². The molecule has 10 heteroatoms. The third kappa shape index (κ3) is 4.85. The van der Waals surface area contributed by atoms with Gasteiger partial charge in [-0.15, -0.1) is 0 Å². The van der Waals surface area contributed by atoms with Gasteiger partial charge < -0.3 is 13.9 Å². The Morgan fingerprint density at radius 1 is 1.20 bits per heavy atom. The molecule has 1 fully saturated rings. The maximum absolute atomic E-state index is 12.7. The number of nitrogens with zero attached hydrogens (tertiary/aromatic N) is 1. The molecule has 0 aliphatic carbocycles. The van der Waals surface area contributed by atoms with Gasteiger partial charge in [0.25, 0.3) is 0 Å². The van der Waals surface area contributed by atoms with Crippen LogP contribution < -0.4 is 0 Å². The van der Waals surface area contributed by atoms with Crippen LogP contribution in [0.25, 0.3) is 0 Å². The summed E-state index contributed by atoms with van der Waals surface area (Å²) in [5, 5.41) is 0.459. The third-order valence-corrected chi connectivity index (χ3v) is 7.10. The van der Waals surface area contributed by atoms with E-state index in [1.54, 1.807) is 13.0 Å². The molecule has 1 saturated heterocycles. The van der Waals surface area contributed by atoms with Gasteiger partial charge in [-0.3, -0.25) is 4.79 Å². The number of furan rings is 1. The van der Waals surface area contributed by atoms with Gasteiger partial charge in [0, 0.05) is 23.7 Å². The van der Waals surface area contributed by atoms with Gasteiger partial charge in [-0.2, -0.15) is 4.31 Å². The van der Waals surface area contributed by atoms with E-state index in [4.69, 9.17) is 20.8 Å². The Hall–Kier alpha value is -2.36. The number of hydrogen-bond donors (Lipinski definition) is 0. The number of hydrogen-bond acceptors (Lipinski definition) is 7. The van der Waals surface area contributed by atoms with E-state index in [-0.39, 0.29) is 30.4 Å². The second-order valence-corrected chi connectivity index (χ2v) is 9.33. The second kappa shape index (κ2) is 9.20. The molecule has 3 rings (SSSR count). The fourth-order valence-corrected chi connectivity index (χ4v) is 4.86. The van der Waals surface area contributed by atoms with Gasteiger partial charge in [-0.25, -0.2) is 13.2 Å². The molecular formula is C20H22ClNO7S. The number of piperidine rings is 1. The van der Waals surface area contributed by atoms with Crippen molar-refractivity contribution in [1.29, 1.82) is 0 Å². The molecule has 1 aliphatic rings. The first-order valence-corrected chi connectivity index (χ1v) is 11.1. The van der Waals surface area contributed by atoms with Crippen LogP contribution in [0.15, 0.2) is 39.6 Å². The highest BCUT2D eigenvalue weighted by Gasteiger charge is 2.33. The average Bonchev–Trinajstić information content (AvgIpc) is 3.12. The molecule has 0 unspecified atom stereocenters. The fraction of sp³-hybridized carbons (Fsp3) is 0.400. The minimum Gasteiger partial charge on any atom is -0.463 e. The maximum atomic E-state index is 12.7. The Kier molecular flexibility index (Phi) is 6.84. The lowest BCUT2D eigenvalue weighted by atomic mass is 9.98. The summed E-state index contributed by atoms with van der Waals surface area (Å²) in [6, 6.07) is 7.60.